The van der Waals surface area contributed by atoms with Gasteiger partial charge in [0.25, 0.3) is 5.91 Å². The summed E-state index contributed by atoms with van der Waals surface area (Å²) in [6, 6.07) is 24.7. The molecule has 0 heterocycles. The van der Waals surface area contributed by atoms with E-state index in [0.717, 1.165) is 11.1 Å². The number of carbonyl (C=O) groups is 2. The maximum Gasteiger partial charge on any atom is 0.265 e. The minimum Gasteiger partial charge on any atom is -0.481 e. The van der Waals surface area contributed by atoms with Crippen molar-refractivity contribution in [3.8, 4) is 5.75 Å². The molecule has 31 heavy (non-hydrogen) atoms. The number of amides is 2. The smallest absolute Gasteiger partial charge is 0.265 e. The molecule has 5 nitrogen and oxygen atoms in total. The van der Waals surface area contributed by atoms with Gasteiger partial charge in [0, 0.05) is 17.8 Å². The first-order chi connectivity index (χ1) is 15.0. The van der Waals surface area contributed by atoms with Crippen LogP contribution in [-0.4, -0.2) is 17.9 Å². The van der Waals surface area contributed by atoms with E-state index in [2.05, 4.69) is 10.6 Å². The van der Waals surface area contributed by atoms with Gasteiger partial charge in [-0.3, -0.25) is 9.59 Å². The summed E-state index contributed by atoms with van der Waals surface area (Å²) in [5.41, 5.74) is 3.45. The largest absolute Gasteiger partial charge is 0.481 e. The number of carbonyl (C=O) groups excluding carboxylic acids is 2. The molecule has 5 heteroatoms. The average Bonchev–Trinajstić information content (AvgIpc) is 2.77. The molecule has 0 aliphatic heterocycles. The standard InChI is InChI=1S/C26H28N2O3/c1-3-24(31-23-14-7-9-19(2)17-23)26(30)28-22-13-8-12-21(18-22)27-25(29)16-15-20-10-5-4-6-11-20/h4-14,17-18,24H,3,15-16H2,1-2H3,(H,27,29)(H,28,30). The number of rotatable bonds is 9. The highest BCUT2D eigenvalue weighted by Gasteiger charge is 2.19. The third-order valence-electron chi connectivity index (χ3n) is 4.83. The zero-order valence-electron chi connectivity index (χ0n) is 17.9. The third kappa shape index (κ3) is 7.00. The molecule has 3 aromatic rings. The molecule has 2 amide bonds. The molecule has 0 spiro atoms. The van der Waals surface area contributed by atoms with E-state index in [9.17, 15) is 9.59 Å². The zero-order valence-corrected chi connectivity index (χ0v) is 17.9. The number of hydrogen-bond donors (Lipinski definition) is 2. The van der Waals surface area contributed by atoms with Gasteiger partial charge >= 0.3 is 0 Å². The summed E-state index contributed by atoms with van der Waals surface area (Å²) >= 11 is 0. The molecule has 0 aliphatic carbocycles. The van der Waals surface area contributed by atoms with E-state index in [0.29, 0.717) is 36.4 Å². The fourth-order valence-corrected chi connectivity index (χ4v) is 3.20. The second kappa shape index (κ2) is 11.0. The van der Waals surface area contributed by atoms with Crippen molar-refractivity contribution in [1.29, 1.82) is 0 Å². The lowest BCUT2D eigenvalue weighted by molar-refractivity contribution is -0.122. The van der Waals surface area contributed by atoms with Crippen molar-refractivity contribution in [1.82, 2.24) is 0 Å². The van der Waals surface area contributed by atoms with Crippen LogP contribution in [0.2, 0.25) is 0 Å². The number of nitrogens with one attached hydrogen (secondary N) is 2. The van der Waals surface area contributed by atoms with Gasteiger partial charge in [-0.15, -0.1) is 0 Å². The molecule has 0 saturated carbocycles. The van der Waals surface area contributed by atoms with Gasteiger partial charge < -0.3 is 15.4 Å². The fraction of sp³-hybridized carbons (Fsp3) is 0.231. The van der Waals surface area contributed by atoms with Gasteiger partial charge in [-0.05, 0) is 61.2 Å². The zero-order chi connectivity index (χ0) is 22.1. The van der Waals surface area contributed by atoms with E-state index >= 15 is 0 Å². The highest BCUT2D eigenvalue weighted by atomic mass is 16.5. The monoisotopic (exact) mass is 416 g/mol. The Hall–Kier alpha value is -3.60. The van der Waals surface area contributed by atoms with Crippen molar-refractivity contribution in [3.63, 3.8) is 0 Å². The van der Waals surface area contributed by atoms with Crippen LogP contribution in [-0.2, 0) is 16.0 Å². The number of hydrogen-bond acceptors (Lipinski definition) is 3. The van der Waals surface area contributed by atoms with Crippen LogP contribution in [0.4, 0.5) is 11.4 Å². The predicted molar refractivity (Wildman–Crippen MR) is 124 cm³/mol. The van der Waals surface area contributed by atoms with Crippen molar-refractivity contribution >= 4 is 23.2 Å². The maximum absolute atomic E-state index is 12.7. The molecule has 0 aliphatic rings. The van der Waals surface area contributed by atoms with Crippen LogP contribution in [0, 0.1) is 6.92 Å². The molecule has 3 rings (SSSR count). The molecule has 2 N–H and O–H groups in total. The molecule has 0 fully saturated rings. The highest BCUT2D eigenvalue weighted by Crippen LogP contribution is 2.19. The van der Waals surface area contributed by atoms with E-state index < -0.39 is 6.10 Å². The normalized spacial score (nSPS) is 11.4. The Balaban J connectivity index is 1.56. The van der Waals surface area contributed by atoms with Gasteiger partial charge in [0.1, 0.15) is 5.75 Å². The molecule has 0 saturated heterocycles. The Morgan fingerprint density at radius 3 is 2.29 bits per heavy atom. The van der Waals surface area contributed by atoms with Crippen LogP contribution >= 0.6 is 0 Å². The van der Waals surface area contributed by atoms with Crippen LogP contribution in [0.1, 0.15) is 30.9 Å². The molecule has 0 aromatic heterocycles. The summed E-state index contributed by atoms with van der Waals surface area (Å²) in [5.74, 6) is 0.375. The Morgan fingerprint density at radius 2 is 1.58 bits per heavy atom. The lowest BCUT2D eigenvalue weighted by atomic mass is 10.1. The van der Waals surface area contributed by atoms with Crippen LogP contribution in [0.3, 0.4) is 0 Å². The average molecular weight is 417 g/mol. The summed E-state index contributed by atoms with van der Waals surface area (Å²) in [6.45, 7) is 3.89. The minimum absolute atomic E-state index is 0.0680. The van der Waals surface area contributed by atoms with E-state index in [4.69, 9.17) is 4.74 Å². The van der Waals surface area contributed by atoms with Crippen LogP contribution in [0.5, 0.6) is 5.75 Å². The van der Waals surface area contributed by atoms with Crippen LogP contribution in [0.15, 0.2) is 78.9 Å². The Morgan fingerprint density at radius 1 is 0.871 bits per heavy atom. The molecular formula is C26H28N2O3. The predicted octanol–water partition coefficient (Wildman–Crippen LogP) is 5.36. The first-order valence-electron chi connectivity index (χ1n) is 10.5. The molecular weight excluding hydrogens is 388 g/mol. The lowest BCUT2D eigenvalue weighted by Crippen LogP contribution is -2.32. The van der Waals surface area contributed by atoms with E-state index in [1.165, 1.54) is 0 Å². The van der Waals surface area contributed by atoms with E-state index in [-0.39, 0.29) is 11.8 Å². The molecule has 0 radical (unpaired) electrons. The number of aryl methyl sites for hydroxylation is 2. The molecule has 1 atom stereocenters. The summed E-state index contributed by atoms with van der Waals surface area (Å²) in [4.78, 5) is 25.0. The van der Waals surface area contributed by atoms with Gasteiger partial charge in [-0.25, -0.2) is 0 Å². The van der Waals surface area contributed by atoms with Crippen LogP contribution in [0.25, 0.3) is 0 Å². The van der Waals surface area contributed by atoms with E-state index in [1.54, 1.807) is 24.3 Å². The first-order valence-corrected chi connectivity index (χ1v) is 10.5. The quantitative estimate of drug-likeness (QED) is 0.493. The fourth-order valence-electron chi connectivity index (χ4n) is 3.20. The molecule has 160 valence electrons. The second-order valence-corrected chi connectivity index (χ2v) is 7.44. The summed E-state index contributed by atoms with van der Waals surface area (Å²) in [6.07, 6.45) is 1.00. The van der Waals surface area contributed by atoms with Crippen molar-refractivity contribution in [2.75, 3.05) is 10.6 Å². The number of ether oxygens (including phenoxy) is 1. The van der Waals surface area contributed by atoms with Crippen LogP contribution < -0.4 is 15.4 Å². The first kappa shape index (κ1) is 22.1. The topological polar surface area (TPSA) is 67.4 Å². The van der Waals surface area contributed by atoms with Gasteiger partial charge in [-0.2, -0.15) is 0 Å². The van der Waals surface area contributed by atoms with Gasteiger partial charge in [0.15, 0.2) is 6.10 Å². The Kier molecular flexibility index (Phi) is 7.82. The van der Waals surface area contributed by atoms with Gasteiger partial charge in [0.05, 0.1) is 0 Å². The van der Waals surface area contributed by atoms with Crippen molar-refractivity contribution in [2.45, 2.75) is 39.2 Å². The highest BCUT2D eigenvalue weighted by molar-refractivity contribution is 5.96. The number of anilines is 2. The van der Waals surface area contributed by atoms with Gasteiger partial charge in [0.2, 0.25) is 5.91 Å². The second-order valence-electron chi connectivity index (χ2n) is 7.44. The Labute approximate surface area is 183 Å². The van der Waals surface area contributed by atoms with E-state index in [1.807, 2.05) is 68.4 Å². The lowest BCUT2D eigenvalue weighted by Gasteiger charge is -2.18. The van der Waals surface area contributed by atoms with Crippen molar-refractivity contribution in [2.24, 2.45) is 0 Å². The summed E-state index contributed by atoms with van der Waals surface area (Å²) in [7, 11) is 0. The number of benzene rings is 3. The third-order valence-corrected chi connectivity index (χ3v) is 4.83. The Bertz CT molecular complexity index is 1020. The summed E-state index contributed by atoms with van der Waals surface area (Å²) in [5, 5.41) is 5.78. The maximum atomic E-state index is 12.7. The van der Waals surface area contributed by atoms with Gasteiger partial charge in [-0.1, -0.05) is 55.5 Å². The SMILES string of the molecule is CCC(Oc1cccc(C)c1)C(=O)Nc1cccc(NC(=O)CCc2ccccc2)c1. The minimum atomic E-state index is -0.606. The molecule has 1 unspecified atom stereocenters. The summed E-state index contributed by atoms with van der Waals surface area (Å²) < 4.78 is 5.87. The van der Waals surface area contributed by atoms with Crippen molar-refractivity contribution < 1.29 is 14.3 Å². The molecule has 3 aromatic carbocycles. The van der Waals surface area contributed by atoms with Crippen molar-refractivity contribution in [3.05, 3.63) is 90.0 Å². The molecule has 0 bridgehead atoms.